The number of hydrogen-bond acceptors (Lipinski definition) is 6. The third kappa shape index (κ3) is 3.53. The van der Waals surface area contributed by atoms with E-state index in [0.29, 0.717) is 0 Å². The van der Waals surface area contributed by atoms with Crippen LogP contribution >= 0.6 is 23.2 Å². The number of halogens is 2. The van der Waals surface area contributed by atoms with Crippen molar-refractivity contribution in [1.82, 2.24) is 4.72 Å². The number of nitrogen functional groups attached to an aromatic ring is 1. The summed E-state index contributed by atoms with van der Waals surface area (Å²) in [5.74, 6) is 0. The molecule has 6 N–H and O–H groups in total. The van der Waals surface area contributed by atoms with Crippen molar-refractivity contribution < 1.29 is 23.7 Å². The van der Waals surface area contributed by atoms with Crippen molar-refractivity contribution in [3.8, 4) is 0 Å². The Morgan fingerprint density at radius 3 is 2.05 bits per heavy atom. The molecular formula is C10H14Cl2N2O5S. The topological polar surface area (TPSA) is 133 Å². The SMILES string of the molecule is Nc1cc(Cl)cc(Cl)c1S(=O)(=O)NC(CO)(CO)CO. The molecule has 0 amide bonds. The highest BCUT2D eigenvalue weighted by Crippen LogP contribution is 2.31. The molecule has 0 saturated heterocycles. The molecule has 10 heteroatoms. The van der Waals surface area contributed by atoms with E-state index in [1.165, 1.54) is 12.1 Å². The quantitative estimate of drug-likeness (QED) is 0.445. The lowest BCUT2D eigenvalue weighted by Gasteiger charge is -2.28. The standard InChI is InChI=1S/C10H14Cl2N2O5S/c11-6-1-7(12)9(8(13)2-6)20(18,19)14-10(3-15,4-16)5-17/h1-2,14-17H,3-5,13H2. The third-order valence-corrected chi connectivity index (χ3v) is 4.89. The summed E-state index contributed by atoms with van der Waals surface area (Å²) < 4.78 is 26.4. The van der Waals surface area contributed by atoms with Crippen LogP contribution < -0.4 is 10.5 Å². The molecule has 0 aliphatic carbocycles. The molecule has 0 saturated carbocycles. The van der Waals surface area contributed by atoms with Crippen molar-refractivity contribution in [2.75, 3.05) is 25.6 Å². The maximum Gasteiger partial charge on any atom is 0.244 e. The molecule has 0 spiro atoms. The number of anilines is 1. The van der Waals surface area contributed by atoms with Gasteiger partial charge in [-0.15, -0.1) is 0 Å². The molecule has 0 heterocycles. The van der Waals surface area contributed by atoms with Gasteiger partial charge in [-0.2, -0.15) is 4.72 Å². The Morgan fingerprint density at radius 1 is 1.15 bits per heavy atom. The molecule has 0 fully saturated rings. The summed E-state index contributed by atoms with van der Waals surface area (Å²) in [7, 11) is -4.28. The fourth-order valence-electron chi connectivity index (χ4n) is 1.45. The molecule has 20 heavy (non-hydrogen) atoms. The van der Waals surface area contributed by atoms with E-state index in [1.807, 2.05) is 4.72 Å². The number of nitrogens with two attached hydrogens (primary N) is 1. The highest BCUT2D eigenvalue weighted by molar-refractivity contribution is 7.89. The zero-order valence-corrected chi connectivity index (χ0v) is 12.5. The molecular weight excluding hydrogens is 331 g/mol. The molecule has 1 aromatic carbocycles. The van der Waals surface area contributed by atoms with E-state index in [1.54, 1.807) is 0 Å². The number of aliphatic hydroxyl groups excluding tert-OH is 3. The van der Waals surface area contributed by atoms with Crippen molar-refractivity contribution >= 4 is 38.9 Å². The van der Waals surface area contributed by atoms with Gasteiger partial charge in [0.1, 0.15) is 10.4 Å². The zero-order chi connectivity index (χ0) is 15.6. The van der Waals surface area contributed by atoms with E-state index in [2.05, 4.69) is 0 Å². The molecule has 1 rings (SSSR count). The molecule has 0 unspecified atom stereocenters. The summed E-state index contributed by atoms with van der Waals surface area (Å²) in [4.78, 5) is -0.441. The lowest BCUT2D eigenvalue weighted by atomic mass is 10.1. The van der Waals surface area contributed by atoms with Crippen LogP contribution in [-0.4, -0.2) is 49.1 Å². The Balaban J connectivity index is 3.32. The first kappa shape index (κ1) is 17.4. The molecule has 0 bridgehead atoms. The van der Waals surface area contributed by atoms with Gasteiger partial charge in [-0.05, 0) is 12.1 Å². The summed E-state index contributed by atoms with van der Waals surface area (Å²) in [6.07, 6.45) is 0. The van der Waals surface area contributed by atoms with Crippen LogP contribution in [0, 0.1) is 0 Å². The van der Waals surface area contributed by atoms with E-state index in [4.69, 9.17) is 44.3 Å². The second-order valence-corrected chi connectivity index (χ2v) is 6.63. The van der Waals surface area contributed by atoms with Gasteiger partial charge < -0.3 is 21.1 Å². The monoisotopic (exact) mass is 344 g/mol. The van der Waals surface area contributed by atoms with Gasteiger partial charge in [0, 0.05) is 5.02 Å². The number of benzene rings is 1. The Morgan fingerprint density at radius 2 is 1.65 bits per heavy atom. The predicted octanol–water partition coefficient (Wildman–Crippen LogP) is -0.430. The van der Waals surface area contributed by atoms with Crippen LogP contribution in [0.5, 0.6) is 0 Å². The molecule has 0 aliphatic rings. The van der Waals surface area contributed by atoms with Crippen LogP contribution in [0.1, 0.15) is 0 Å². The second kappa shape index (κ2) is 6.44. The third-order valence-electron chi connectivity index (χ3n) is 2.56. The van der Waals surface area contributed by atoms with Gasteiger partial charge in [0.15, 0.2) is 0 Å². The lowest BCUT2D eigenvalue weighted by molar-refractivity contribution is 0.0582. The van der Waals surface area contributed by atoms with Gasteiger partial charge in [-0.1, -0.05) is 23.2 Å². The first-order chi connectivity index (χ1) is 9.21. The van der Waals surface area contributed by atoms with Gasteiger partial charge in [0.25, 0.3) is 0 Å². The Bertz CT molecular complexity index is 558. The fourth-order valence-corrected chi connectivity index (χ4v) is 3.81. The molecule has 0 atom stereocenters. The van der Waals surface area contributed by atoms with Crippen molar-refractivity contribution in [3.63, 3.8) is 0 Å². The van der Waals surface area contributed by atoms with Crippen LogP contribution in [0.15, 0.2) is 17.0 Å². The Labute approximate surface area is 126 Å². The van der Waals surface area contributed by atoms with E-state index < -0.39 is 40.3 Å². The summed E-state index contributed by atoms with van der Waals surface area (Å²) in [6.45, 7) is -2.45. The average molecular weight is 345 g/mol. The molecule has 114 valence electrons. The molecule has 0 aromatic heterocycles. The largest absolute Gasteiger partial charge is 0.398 e. The second-order valence-electron chi connectivity index (χ2n) is 4.17. The fraction of sp³-hybridized carbons (Fsp3) is 0.400. The van der Waals surface area contributed by atoms with Crippen molar-refractivity contribution in [2.24, 2.45) is 0 Å². The zero-order valence-electron chi connectivity index (χ0n) is 10.2. The Hall–Kier alpha value is -0.610. The van der Waals surface area contributed by atoms with Crippen molar-refractivity contribution in [2.45, 2.75) is 10.4 Å². The minimum atomic E-state index is -4.28. The number of aliphatic hydroxyl groups is 3. The van der Waals surface area contributed by atoms with Crippen LogP contribution in [0.3, 0.4) is 0 Å². The summed E-state index contributed by atoms with van der Waals surface area (Å²) >= 11 is 11.5. The first-order valence-corrected chi connectivity index (χ1v) is 7.56. The van der Waals surface area contributed by atoms with E-state index >= 15 is 0 Å². The van der Waals surface area contributed by atoms with Gasteiger partial charge in [-0.3, -0.25) is 0 Å². The summed E-state index contributed by atoms with van der Waals surface area (Å²) in [6, 6.07) is 2.38. The first-order valence-electron chi connectivity index (χ1n) is 5.32. The van der Waals surface area contributed by atoms with E-state index in [-0.39, 0.29) is 15.7 Å². The van der Waals surface area contributed by atoms with Crippen molar-refractivity contribution in [1.29, 1.82) is 0 Å². The van der Waals surface area contributed by atoms with Crippen molar-refractivity contribution in [3.05, 3.63) is 22.2 Å². The van der Waals surface area contributed by atoms with Gasteiger partial charge in [0.05, 0.1) is 30.5 Å². The lowest BCUT2D eigenvalue weighted by Crippen LogP contribution is -2.56. The van der Waals surface area contributed by atoms with E-state index in [0.717, 1.165) is 0 Å². The van der Waals surface area contributed by atoms with E-state index in [9.17, 15) is 8.42 Å². The highest BCUT2D eigenvalue weighted by Gasteiger charge is 2.35. The molecule has 1 aromatic rings. The predicted molar refractivity (Wildman–Crippen MR) is 75.2 cm³/mol. The van der Waals surface area contributed by atoms with Crippen LogP contribution in [0.25, 0.3) is 0 Å². The number of hydrogen-bond donors (Lipinski definition) is 5. The van der Waals surface area contributed by atoms with Crippen LogP contribution in [0.4, 0.5) is 5.69 Å². The smallest absolute Gasteiger partial charge is 0.244 e. The average Bonchev–Trinajstić information content (AvgIpc) is 2.34. The minimum Gasteiger partial charge on any atom is -0.398 e. The minimum absolute atomic E-state index is 0.157. The van der Waals surface area contributed by atoms with Crippen LogP contribution in [-0.2, 0) is 10.0 Å². The summed E-state index contributed by atoms with van der Waals surface area (Å²) in [5.41, 5.74) is 3.55. The number of rotatable bonds is 6. The maximum atomic E-state index is 12.2. The normalized spacial score (nSPS) is 12.7. The number of sulfonamides is 1. The van der Waals surface area contributed by atoms with Gasteiger partial charge >= 0.3 is 0 Å². The van der Waals surface area contributed by atoms with Gasteiger partial charge in [-0.25, -0.2) is 8.42 Å². The molecule has 0 aliphatic heterocycles. The van der Waals surface area contributed by atoms with Gasteiger partial charge in [0.2, 0.25) is 10.0 Å². The number of nitrogens with one attached hydrogen (secondary N) is 1. The summed E-state index contributed by atoms with van der Waals surface area (Å²) in [5, 5.41) is 27.4. The molecule has 7 nitrogen and oxygen atoms in total. The highest BCUT2D eigenvalue weighted by atomic mass is 35.5. The van der Waals surface area contributed by atoms with Crippen LogP contribution in [0.2, 0.25) is 10.0 Å². The molecule has 0 radical (unpaired) electrons. The Kier molecular flexibility index (Phi) is 5.61. The maximum absolute atomic E-state index is 12.2.